The Morgan fingerprint density at radius 2 is 1.64 bits per heavy atom. The Balaban J connectivity index is 1.25. The molecule has 1 heterocycles. The van der Waals surface area contributed by atoms with E-state index in [1.54, 1.807) is 36.8 Å². The number of rotatable bonds is 8. The molecule has 0 aliphatic rings. The minimum atomic E-state index is -0.325. The number of nitrogens with one attached hydrogen (secondary N) is 2. The van der Waals surface area contributed by atoms with Gasteiger partial charge in [0.2, 0.25) is 5.91 Å². The van der Waals surface area contributed by atoms with Crippen LogP contribution in [0, 0.1) is 0 Å². The van der Waals surface area contributed by atoms with Crippen LogP contribution in [0.1, 0.15) is 28.9 Å². The molecule has 2 amide bonds. The van der Waals surface area contributed by atoms with Gasteiger partial charge in [-0.15, -0.1) is 0 Å². The van der Waals surface area contributed by atoms with Crippen LogP contribution >= 0.6 is 0 Å². The van der Waals surface area contributed by atoms with Gasteiger partial charge in [0.05, 0.1) is 18.9 Å². The predicted octanol–water partition coefficient (Wildman–Crippen LogP) is 4.27. The quantitative estimate of drug-likeness (QED) is 0.428. The van der Waals surface area contributed by atoms with Crippen LogP contribution in [0.3, 0.4) is 0 Å². The molecule has 4 rings (SSSR count). The van der Waals surface area contributed by atoms with Crippen molar-refractivity contribution in [2.45, 2.75) is 13.0 Å². The van der Waals surface area contributed by atoms with Gasteiger partial charge in [-0.05, 0) is 61.0 Å². The molecule has 7 heteroatoms. The maximum atomic E-state index is 12.4. The SMILES string of the molecule is CC(NC(=O)CNC(=O)c1ccc(Oc2ccccc2)cc1)c1ccc(-n2ccnc2)cc1. The second kappa shape index (κ2) is 10.3. The molecule has 0 bridgehead atoms. The molecule has 4 aromatic rings. The molecule has 0 aliphatic heterocycles. The first-order chi connectivity index (χ1) is 16.1. The van der Waals surface area contributed by atoms with E-state index < -0.39 is 0 Å². The molecule has 0 spiro atoms. The molecule has 0 saturated carbocycles. The highest BCUT2D eigenvalue weighted by atomic mass is 16.5. The average Bonchev–Trinajstić information content (AvgIpc) is 3.39. The summed E-state index contributed by atoms with van der Waals surface area (Å²) in [4.78, 5) is 28.7. The molecule has 7 nitrogen and oxygen atoms in total. The summed E-state index contributed by atoms with van der Waals surface area (Å²) < 4.78 is 7.63. The number of para-hydroxylation sites is 1. The number of nitrogens with zero attached hydrogens (tertiary/aromatic N) is 2. The smallest absolute Gasteiger partial charge is 0.251 e. The van der Waals surface area contributed by atoms with Crippen LogP contribution in [-0.4, -0.2) is 27.9 Å². The van der Waals surface area contributed by atoms with E-state index >= 15 is 0 Å². The molecule has 1 aromatic heterocycles. The fourth-order valence-corrected chi connectivity index (χ4v) is 3.28. The standard InChI is InChI=1S/C26H24N4O3/c1-19(20-7-11-22(12-8-20)30-16-15-27-18-30)29-25(31)17-28-26(32)21-9-13-24(14-10-21)33-23-5-3-2-4-6-23/h2-16,18-19H,17H2,1H3,(H,28,32)(H,29,31). The van der Waals surface area contributed by atoms with Crippen LogP contribution in [0.2, 0.25) is 0 Å². The van der Waals surface area contributed by atoms with E-state index in [9.17, 15) is 9.59 Å². The molecule has 1 atom stereocenters. The van der Waals surface area contributed by atoms with Crippen molar-refractivity contribution in [1.29, 1.82) is 0 Å². The number of imidazole rings is 1. The molecule has 3 aromatic carbocycles. The largest absolute Gasteiger partial charge is 0.457 e. The maximum Gasteiger partial charge on any atom is 0.251 e. The highest BCUT2D eigenvalue weighted by Gasteiger charge is 2.12. The number of aromatic nitrogens is 2. The third-order valence-electron chi connectivity index (χ3n) is 5.08. The van der Waals surface area contributed by atoms with Crippen molar-refractivity contribution >= 4 is 11.8 Å². The molecule has 1 unspecified atom stereocenters. The zero-order valence-electron chi connectivity index (χ0n) is 18.1. The van der Waals surface area contributed by atoms with Gasteiger partial charge in [0.25, 0.3) is 5.91 Å². The van der Waals surface area contributed by atoms with Gasteiger partial charge in [0, 0.05) is 23.6 Å². The van der Waals surface area contributed by atoms with Crippen LogP contribution in [0.15, 0.2) is 97.6 Å². The fraction of sp³-hybridized carbons (Fsp3) is 0.115. The molecule has 0 aliphatic carbocycles. The van der Waals surface area contributed by atoms with Crippen molar-refractivity contribution in [3.63, 3.8) is 0 Å². The average molecular weight is 441 g/mol. The molecule has 0 radical (unpaired) electrons. The van der Waals surface area contributed by atoms with Gasteiger partial charge in [0.1, 0.15) is 11.5 Å². The van der Waals surface area contributed by atoms with Crippen molar-refractivity contribution in [1.82, 2.24) is 20.2 Å². The molecular formula is C26H24N4O3. The molecule has 33 heavy (non-hydrogen) atoms. The third-order valence-corrected chi connectivity index (χ3v) is 5.08. The van der Waals surface area contributed by atoms with Gasteiger partial charge < -0.3 is 19.9 Å². The van der Waals surface area contributed by atoms with E-state index in [0.29, 0.717) is 11.3 Å². The summed E-state index contributed by atoms with van der Waals surface area (Å²) in [7, 11) is 0. The van der Waals surface area contributed by atoms with Gasteiger partial charge in [-0.25, -0.2) is 4.98 Å². The maximum absolute atomic E-state index is 12.4. The molecular weight excluding hydrogens is 416 g/mol. The van der Waals surface area contributed by atoms with Gasteiger partial charge in [-0.3, -0.25) is 9.59 Å². The minimum Gasteiger partial charge on any atom is -0.457 e. The summed E-state index contributed by atoms with van der Waals surface area (Å²) in [5.74, 6) is 0.757. The molecule has 0 fully saturated rings. The first-order valence-corrected chi connectivity index (χ1v) is 10.6. The summed E-state index contributed by atoms with van der Waals surface area (Å²) in [5, 5.41) is 5.55. The van der Waals surface area contributed by atoms with Crippen molar-refractivity contribution in [2.75, 3.05) is 6.54 Å². The highest BCUT2D eigenvalue weighted by molar-refractivity contribution is 5.96. The lowest BCUT2D eigenvalue weighted by molar-refractivity contribution is -0.120. The normalized spacial score (nSPS) is 11.4. The zero-order chi connectivity index (χ0) is 23.0. The van der Waals surface area contributed by atoms with Crippen LogP contribution in [0.5, 0.6) is 11.5 Å². The Hall–Kier alpha value is -4.39. The number of benzene rings is 3. The van der Waals surface area contributed by atoms with Crippen molar-refractivity contribution in [3.8, 4) is 17.2 Å². The van der Waals surface area contributed by atoms with Gasteiger partial charge in [-0.1, -0.05) is 30.3 Å². The van der Waals surface area contributed by atoms with E-state index in [4.69, 9.17) is 4.74 Å². The predicted molar refractivity (Wildman–Crippen MR) is 125 cm³/mol. The number of hydrogen-bond donors (Lipinski definition) is 2. The van der Waals surface area contributed by atoms with Crippen molar-refractivity contribution in [3.05, 3.63) is 109 Å². The Labute approximate surface area is 192 Å². The summed E-state index contributed by atoms with van der Waals surface area (Å²) in [5.41, 5.74) is 2.40. The Morgan fingerprint density at radius 3 is 2.30 bits per heavy atom. The summed E-state index contributed by atoms with van der Waals surface area (Å²) in [6, 6.07) is 23.8. The third kappa shape index (κ3) is 5.86. The van der Waals surface area contributed by atoms with Crippen LogP contribution in [-0.2, 0) is 4.79 Å². The van der Waals surface area contributed by atoms with Crippen molar-refractivity contribution in [2.24, 2.45) is 0 Å². The van der Waals surface area contributed by atoms with E-state index in [1.165, 1.54) is 0 Å². The Kier molecular flexibility index (Phi) is 6.80. The summed E-state index contributed by atoms with van der Waals surface area (Å²) in [6.07, 6.45) is 5.32. The van der Waals surface area contributed by atoms with Crippen LogP contribution in [0.25, 0.3) is 5.69 Å². The number of ether oxygens (including phenoxy) is 1. The minimum absolute atomic E-state index is 0.113. The van der Waals surface area contributed by atoms with E-state index in [1.807, 2.05) is 72.3 Å². The van der Waals surface area contributed by atoms with Gasteiger partial charge in [-0.2, -0.15) is 0 Å². The zero-order valence-corrected chi connectivity index (χ0v) is 18.1. The fourth-order valence-electron chi connectivity index (χ4n) is 3.28. The van der Waals surface area contributed by atoms with E-state index in [2.05, 4.69) is 15.6 Å². The molecule has 2 N–H and O–H groups in total. The van der Waals surface area contributed by atoms with Crippen molar-refractivity contribution < 1.29 is 14.3 Å². The number of carbonyl (C=O) groups is 2. The second-order valence-corrected chi connectivity index (χ2v) is 7.47. The second-order valence-electron chi connectivity index (χ2n) is 7.47. The molecule has 0 saturated heterocycles. The number of amides is 2. The van der Waals surface area contributed by atoms with E-state index in [0.717, 1.165) is 17.0 Å². The lowest BCUT2D eigenvalue weighted by Crippen LogP contribution is -2.38. The first-order valence-electron chi connectivity index (χ1n) is 10.6. The number of hydrogen-bond acceptors (Lipinski definition) is 4. The lowest BCUT2D eigenvalue weighted by atomic mass is 10.1. The highest BCUT2D eigenvalue weighted by Crippen LogP contribution is 2.21. The topological polar surface area (TPSA) is 85.3 Å². The summed E-state index contributed by atoms with van der Waals surface area (Å²) in [6.45, 7) is 1.79. The Bertz CT molecular complexity index is 1190. The Morgan fingerprint density at radius 1 is 0.939 bits per heavy atom. The molecule has 166 valence electrons. The first kappa shape index (κ1) is 21.8. The monoisotopic (exact) mass is 440 g/mol. The van der Waals surface area contributed by atoms with Crippen LogP contribution in [0.4, 0.5) is 0 Å². The number of carbonyl (C=O) groups excluding carboxylic acids is 2. The van der Waals surface area contributed by atoms with E-state index in [-0.39, 0.29) is 24.4 Å². The summed E-state index contributed by atoms with van der Waals surface area (Å²) >= 11 is 0. The van der Waals surface area contributed by atoms with Gasteiger partial charge in [0.15, 0.2) is 0 Å². The lowest BCUT2D eigenvalue weighted by Gasteiger charge is -2.15. The van der Waals surface area contributed by atoms with Crippen LogP contribution < -0.4 is 15.4 Å². The van der Waals surface area contributed by atoms with Gasteiger partial charge >= 0.3 is 0 Å².